The molecular formula is C21H25F4N5O2. The van der Waals surface area contributed by atoms with Crippen LogP contribution >= 0.6 is 0 Å². The van der Waals surface area contributed by atoms with Crippen LogP contribution in [0.3, 0.4) is 0 Å². The van der Waals surface area contributed by atoms with E-state index in [2.05, 4.69) is 9.98 Å². The van der Waals surface area contributed by atoms with Crippen LogP contribution in [0.4, 0.5) is 29.1 Å². The standard InChI is InChI=1S/C21H25F4N5O2/c1-7-30(16-15(21(23,24)25)32-11(2)27-16)12-8-9-14(22)13(10-12)20(5)19(3,4)17(31)29(6)18(26)28-20/h8-10H,7H2,1-6H3,(H2,26,28)/t20-/m1/s1. The van der Waals surface area contributed by atoms with Crippen molar-refractivity contribution in [3.8, 4) is 0 Å². The topological polar surface area (TPSA) is 88.0 Å². The number of benzene rings is 1. The number of anilines is 2. The molecule has 7 nitrogen and oxygen atoms in total. The van der Waals surface area contributed by atoms with Gasteiger partial charge in [-0.2, -0.15) is 18.2 Å². The van der Waals surface area contributed by atoms with E-state index in [4.69, 9.17) is 10.2 Å². The van der Waals surface area contributed by atoms with Gasteiger partial charge in [-0.25, -0.2) is 9.38 Å². The van der Waals surface area contributed by atoms with Crippen molar-refractivity contribution in [2.75, 3.05) is 18.5 Å². The van der Waals surface area contributed by atoms with E-state index in [0.29, 0.717) is 0 Å². The smallest absolute Gasteiger partial charge is 0.434 e. The van der Waals surface area contributed by atoms with Crippen LogP contribution in [-0.4, -0.2) is 35.3 Å². The Balaban J connectivity index is 2.21. The van der Waals surface area contributed by atoms with Gasteiger partial charge in [0.2, 0.25) is 5.91 Å². The third kappa shape index (κ3) is 3.49. The van der Waals surface area contributed by atoms with Crippen LogP contribution in [0, 0.1) is 18.2 Å². The number of aliphatic imine (C=N–C) groups is 1. The third-order valence-electron chi connectivity index (χ3n) is 6.07. The van der Waals surface area contributed by atoms with Crippen molar-refractivity contribution in [2.45, 2.75) is 46.3 Å². The van der Waals surface area contributed by atoms with Gasteiger partial charge in [0.15, 0.2) is 17.7 Å². The monoisotopic (exact) mass is 455 g/mol. The zero-order valence-corrected chi connectivity index (χ0v) is 18.6. The first-order valence-electron chi connectivity index (χ1n) is 9.90. The largest absolute Gasteiger partial charge is 0.453 e. The molecule has 2 N–H and O–H groups in total. The van der Waals surface area contributed by atoms with Crippen molar-refractivity contribution in [1.29, 1.82) is 0 Å². The van der Waals surface area contributed by atoms with E-state index in [1.54, 1.807) is 27.7 Å². The number of carbonyl (C=O) groups excluding carboxylic acids is 1. The van der Waals surface area contributed by atoms with Crippen LogP contribution in [0.5, 0.6) is 0 Å². The first-order chi connectivity index (χ1) is 14.6. The summed E-state index contributed by atoms with van der Waals surface area (Å²) < 4.78 is 60.4. The first kappa shape index (κ1) is 23.6. The number of rotatable bonds is 4. The van der Waals surface area contributed by atoms with E-state index < -0.39 is 34.5 Å². The number of aromatic nitrogens is 1. The summed E-state index contributed by atoms with van der Waals surface area (Å²) in [6.07, 6.45) is -4.76. The number of aryl methyl sites for hydroxylation is 1. The molecule has 1 aliphatic rings. The quantitative estimate of drug-likeness (QED) is 0.694. The normalized spacial score (nSPS) is 21.0. The fraction of sp³-hybridized carbons (Fsp3) is 0.476. The molecule has 1 amide bonds. The van der Waals surface area contributed by atoms with E-state index >= 15 is 4.39 Å². The first-order valence-corrected chi connectivity index (χ1v) is 9.90. The molecule has 1 aromatic carbocycles. The lowest BCUT2D eigenvalue weighted by Crippen LogP contribution is -2.58. The zero-order chi connectivity index (χ0) is 24.2. The molecule has 1 atom stereocenters. The van der Waals surface area contributed by atoms with Gasteiger partial charge in [0, 0.05) is 31.8 Å². The average Bonchev–Trinajstić information content (AvgIpc) is 3.09. The number of hydrogen-bond donors (Lipinski definition) is 1. The predicted octanol–water partition coefficient (Wildman–Crippen LogP) is 4.33. The van der Waals surface area contributed by atoms with Gasteiger partial charge < -0.3 is 15.1 Å². The minimum absolute atomic E-state index is 0.0247. The Morgan fingerprint density at radius 3 is 2.44 bits per heavy atom. The summed E-state index contributed by atoms with van der Waals surface area (Å²) in [4.78, 5) is 23.7. The number of hydrogen-bond acceptors (Lipinski definition) is 6. The molecule has 32 heavy (non-hydrogen) atoms. The Morgan fingerprint density at radius 1 is 1.25 bits per heavy atom. The number of carbonyl (C=O) groups is 1. The van der Waals surface area contributed by atoms with Gasteiger partial charge >= 0.3 is 6.18 Å². The third-order valence-corrected chi connectivity index (χ3v) is 6.07. The molecule has 0 fully saturated rings. The molecule has 0 bridgehead atoms. The molecular weight excluding hydrogens is 430 g/mol. The molecule has 0 saturated carbocycles. The number of guanidine groups is 1. The van der Waals surface area contributed by atoms with Crippen LogP contribution in [0.15, 0.2) is 27.6 Å². The second-order valence-corrected chi connectivity index (χ2v) is 8.32. The maximum absolute atomic E-state index is 15.1. The molecule has 2 aromatic rings. The van der Waals surface area contributed by atoms with Gasteiger partial charge in [-0.1, -0.05) is 0 Å². The average molecular weight is 455 g/mol. The molecule has 0 unspecified atom stereocenters. The summed E-state index contributed by atoms with van der Waals surface area (Å²) in [5, 5.41) is 0. The van der Waals surface area contributed by atoms with Crippen molar-refractivity contribution in [1.82, 2.24) is 9.88 Å². The summed E-state index contributed by atoms with van der Waals surface area (Å²) in [5.74, 6) is -2.94. The summed E-state index contributed by atoms with van der Waals surface area (Å²) in [6.45, 7) is 7.85. The van der Waals surface area contributed by atoms with Crippen molar-refractivity contribution < 1.29 is 26.8 Å². The number of nitrogens with zero attached hydrogens (tertiary/aromatic N) is 4. The Labute approximate surface area is 182 Å². The maximum Gasteiger partial charge on any atom is 0.453 e. The molecule has 0 saturated heterocycles. The van der Waals surface area contributed by atoms with Crippen LogP contribution in [0.2, 0.25) is 0 Å². The highest BCUT2D eigenvalue weighted by atomic mass is 19.4. The minimum Gasteiger partial charge on any atom is -0.434 e. The number of oxazole rings is 1. The lowest BCUT2D eigenvalue weighted by molar-refractivity contribution is -0.152. The highest BCUT2D eigenvalue weighted by Crippen LogP contribution is 2.48. The Kier molecular flexibility index (Phi) is 5.51. The molecule has 0 aliphatic carbocycles. The van der Waals surface area contributed by atoms with Crippen LogP contribution in [0.1, 0.15) is 44.9 Å². The lowest BCUT2D eigenvalue weighted by atomic mass is 9.67. The predicted molar refractivity (Wildman–Crippen MR) is 111 cm³/mol. The zero-order valence-electron chi connectivity index (χ0n) is 18.6. The van der Waals surface area contributed by atoms with E-state index in [9.17, 15) is 18.0 Å². The van der Waals surface area contributed by atoms with Crippen molar-refractivity contribution >= 4 is 23.4 Å². The highest BCUT2D eigenvalue weighted by molar-refractivity contribution is 6.01. The van der Waals surface area contributed by atoms with Crippen molar-refractivity contribution in [3.63, 3.8) is 0 Å². The van der Waals surface area contributed by atoms with Gasteiger partial charge in [0.1, 0.15) is 11.4 Å². The maximum atomic E-state index is 15.1. The number of alkyl halides is 3. The summed E-state index contributed by atoms with van der Waals surface area (Å²) >= 11 is 0. The number of nitrogens with two attached hydrogens (primary N) is 1. The fourth-order valence-corrected chi connectivity index (χ4v) is 3.86. The second-order valence-electron chi connectivity index (χ2n) is 8.32. The minimum atomic E-state index is -4.76. The number of halogens is 4. The van der Waals surface area contributed by atoms with Crippen LogP contribution in [0.25, 0.3) is 0 Å². The van der Waals surface area contributed by atoms with Gasteiger partial charge in [-0.3, -0.25) is 9.69 Å². The molecule has 1 aliphatic heterocycles. The fourth-order valence-electron chi connectivity index (χ4n) is 3.86. The molecule has 11 heteroatoms. The molecule has 2 heterocycles. The van der Waals surface area contributed by atoms with Gasteiger partial charge in [-0.15, -0.1) is 0 Å². The van der Waals surface area contributed by atoms with Crippen LogP contribution in [-0.2, 0) is 16.5 Å². The molecule has 174 valence electrons. The van der Waals surface area contributed by atoms with Gasteiger partial charge in [0.25, 0.3) is 5.76 Å². The van der Waals surface area contributed by atoms with E-state index in [-0.39, 0.29) is 35.6 Å². The van der Waals surface area contributed by atoms with Crippen molar-refractivity contribution in [2.24, 2.45) is 16.1 Å². The molecule has 3 rings (SSSR count). The highest BCUT2D eigenvalue weighted by Gasteiger charge is 2.54. The number of amides is 1. The SMILES string of the molecule is CCN(c1ccc(F)c([C@@]2(C)N=C(N)N(C)C(=O)C2(C)C)c1)c1nc(C)oc1C(F)(F)F. The van der Waals surface area contributed by atoms with E-state index in [1.165, 1.54) is 35.9 Å². The molecule has 0 radical (unpaired) electrons. The van der Waals surface area contributed by atoms with E-state index in [0.717, 1.165) is 6.07 Å². The molecule has 0 spiro atoms. The summed E-state index contributed by atoms with van der Waals surface area (Å²) in [6, 6.07) is 3.84. The lowest BCUT2D eigenvalue weighted by Gasteiger charge is -2.46. The summed E-state index contributed by atoms with van der Waals surface area (Å²) in [7, 11) is 1.47. The van der Waals surface area contributed by atoms with Gasteiger partial charge in [0.05, 0.1) is 5.41 Å². The van der Waals surface area contributed by atoms with Crippen LogP contribution < -0.4 is 10.6 Å². The Bertz CT molecular complexity index is 1090. The Morgan fingerprint density at radius 2 is 1.88 bits per heavy atom. The van der Waals surface area contributed by atoms with Gasteiger partial charge in [-0.05, 0) is 45.9 Å². The van der Waals surface area contributed by atoms with Crippen molar-refractivity contribution in [3.05, 3.63) is 41.2 Å². The summed E-state index contributed by atoms with van der Waals surface area (Å²) in [5.41, 5.74) is 3.57. The second kappa shape index (κ2) is 7.49. The Hall–Kier alpha value is -3.11. The molecule has 1 aromatic heterocycles. The van der Waals surface area contributed by atoms with E-state index in [1.807, 2.05) is 0 Å².